The van der Waals surface area contributed by atoms with Crippen LogP contribution < -0.4 is 5.32 Å². The predicted molar refractivity (Wildman–Crippen MR) is 74.2 cm³/mol. The fourth-order valence-corrected chi connectivity index (χ4v) is 1.68. The third-order valence-corrected chi connectivity index (χ3v) is 2.73. The topological polar surface area (TPSA) is 86.1 Å². The van der Waals surface area contributed by atoms with Gasteiger partial charge in [0, 0.05) is 6.54 Å². The Balaban J connectivity index is 1.84. The lowest BCUT2D eigenvalue weighted by Gasteiger charge is -2.05. The number of hydrogen-bond donors (Lipinski definition) is 1. The molecule has 0 aliphatic heterocycles. The molecule has 7 nitrogen and oxygen atoms in total. The van der Waals surface area contributed by atoms with Crippen LogP contribution in [-0.2, 0) is 22.6 Å². The Labute approximate surface area is 126 Å². The maximum Gasteiger partial charge on any atom is 0.360 e. The highest BCUT2D eigenvalue weighted by Gasteiger charge is 2.12. The predicted octanol–water partition coefficient (Wildman–Crippen LogP) is 0.910. The number of halogens is 1. The number of ether oxygens (including phenoxy) is 1. The van der Waals surface area contributed by atoms with E-state index in [9.17, 15) is 14.0 Å². The summed E-state index contributed by atoms with van der Waals surface area (Å²) in [7, 11) is 0. The lowest BCUT2D eigenvalue weighted by Crippen LogP contribution is -2.27. The van der Waals surface area contributed by atoms with Gasteiger partial charge in [0.25, 0.3) is 0 Å². The zero-order valence-corrected chi connectivity index (χ0v) is 12.0. The Morgan fingerprint density at radius 1 is 1.32 bits per heavy atom. The first-order valence-corrected chi connectivity index (χ1v) is 6.67. The van der Waals surface area contributed by atoms with Crippen molar-refractivity contribution in [1.29, 1.82) is 0 Å². The van der Waals surface area contributed by atoms with Crippen LogP contribution in [0.2, 0.25) is 0 Å². The third-order valence-electron chi connectivity index (χ3n) is 2.73. The van der Waals surface area contributed by atoms with E-state index >= 15 is 0 Å². The van der Waals surface area contributed by atoms with E-state index in [0.29, 0.717) is 0 Å². The summed E-state index contributed by atoms with van der Waals surface area (Å²) in [5, 5.41) is 9.98. The van der Waals surface area contributed by atoms with Crippen LogP contribution in [0, 0.1) is 5.82 Å². The summed E-state index contributed by atoms with van der Waals surface area (Å²) in [6, 6.07) is 5.82. The van der Waals surface area contributed by atoms with Crippen LogP contribution in [0.3, 0.4) is 0 Å². The summed E-state index contributed by atoms with van der Waals surface area (Å²) in [4.78, 5) is 23.2. The van der Waals surface area contributed by atoms with Gasteiger partial charge >= 0.3 is 5.97 Å². The van der Waals surface area contributed by atoms with Crippen LogP contribution in [0.25, 0.3) is 0 Å². The maximum atomic E-state index is 12.8. The number of benzene rings is 1. The van der Waals surface area contributed by atoms with E-state index in [0.717, 1.165) is 5.56 Å². The van der Waals surface area contributed by atoms with Gasteiger partial charge in [0.05, 0.1) is 12.8 Å². The molecule has 1 amide bonds. The maximum absolute atomic E-state index is 12.8. The molecule has 0 atom stereocenters. The summed E-state index contributed by atoms with van der Waals surface area (Å²) in [5.41, 5.74) is 0.828. The van der Waals surface area contributed by atoms with E-state index in [-0.39, 0.29) is 37.1 Å². The summed E-state index contributed by atoms with van der Waals surface area (Å²) in [5.74, 6) is -1.21. The van der Waals surface area contributed by atoms with Crippen molar-refractivity contribution in [1.82, 2.24) is 20.3 Å². The molecule has 8 heteroatoms. The van der Waals surface area contributed by atoms with Gasteiger partial charge in [0.15, 0.2) is 5.69 Å². The average Bonchev–Trinajstić information content (AvgIpc) is 2.95. The molecule has 0 fully saturated rings. The molecule has 0 spiro atoms. The number of rotatable bonds is 6. The van der Waals surface area contributed by atoms with Gasteiger partial charge in [0.2, 0.25) is 5.91 Å². The van der Waals surface area contributed by atoms with Gasteiger partial charge in [-0.2, -0.15) is 0 Å². The highest BCUT2D eigenvalue weighted by molar-refractivity contribution is 5.86. The smallest absolute Gasteiger partial charge is 0.360 e. The minimum absolute atomic E-state index is 0.0492. The Morgan fingerprint density at radius 3 is 2.73 bits per heavy atom. The fraction of sp³-hybridized carbons (Fsp3) is 0.286. The number of aromatic nitrogens is 3. The molecule has 0 aliphatic carbocycles. The second-order valence-electron chi connectivity index (χ2n) is 4.43. The molecule has 1 aromatic heterocycles. The van der Waals surface area contributed by atoms with Crippen LogP contribution in [0.4, 0.5) is 4.39 Å². The van der Waals surface area contributed by atoms with Crippen molar-refractivity contribution >= 4 is 11.9 Å². The Bertz CT molecular complexity index is 654. The average molecular weight is 306 g/mol. The van der Waals surface area contributed by atoms with Gasteiger partial charge < -0.3 is 10.1 Å². The van der Waals surface area contributed by atoms with Crippen molar-refractivity contribution in [2.45, 2.75) is 20.0 Å². The molecule has 0 radical (unpaired) electrons. The molecule has 0 aliphatic rings. The number of esters is 1. The molecule has 1 aromatic carbocycles. The molecular weight excluding hydrogens is 291 g/mol. The molecule has 2 rings (SSSR count). The van der Waals surface area contributed by atoms with E-state index in [1.165, 1.54) is 23.0 Å². The minimum Gasteiger partial charge on any atom is -0.461 e. The van der Waals surface area contributed by atoms with Gasteiger partial charge in [0.1, 0.15) is 12.4 Å². The molecule has 0 saturated carbocycles. The standard InChI is InChI=1S/C14H15FN4O3/c1-2-22-14(21)12-8-19(18-17-12)9-13(20)16-7-10-3-5-11(15)6-4-10/h3-6,8H,2,7,9H2,1H3,(H,16,20). The highest BCUT2D eigenvalue weighted by atomic mass is 19.1. The minimum atomic E-state index is -0.583. The normalized spacial score (nSPS) is 10.3. The molecule has 116 valence electrons. The van der Waals surface area contributed by atoms with E-state index in [1.54, 1.807) is 19.1 Å². The number of carbonyl (C=O) groups excluding carboxylic acids is 2. The van der Waals surface area contributed by atoms with Crippen LogP contribution in [0.15, 0.2) is 30.5 Å². The highest BCUT2D eigenvalue weighted by Crippen LogP contribution is 2.02. The van der Waals surface area contributed by atoms with Crippen molar-refractivity contribution < 1.29 is 18.7 Å². The van der Waals surface area contributed by atoms with Crippen LogP contribution in [0.1, 0.15) is 23.0 Å². The van der Waals surface area contributed by atoms with Crippen molar-refractivity contribution in [3.63, 3.8) is 0 Å². The number of carbonyl (C=O) groups is 2. The molecule has 22 heavy (non-hydrogen) atoms. The number of hydrogen-bond acceptors (Lipinski definition) is 5. The van der Waals surface area contributed by atoms with Crippen LogP contribution in [0.5, 0.6) is 0 Å². The zero-order valence-electron chi connectivity index (χ0n) is 12.0. The first-order valence-electron chi connectivity index (χ1n) is 6.67. The molecular formula is C14H15FN4O3. The molecule has 0 bridgehead atoms. The summed E-state index contributed by atoms with van der Waals surface area (Å²) < 4.78 is 18.8. The number of nitrogens with one attached hydrogen (secondary N) is 1. The molecule has 1 N–H and O–H groups in total. The Hall–Kier alpha value is -2.77. The lowest BCUT2D eigenvalue weighted by molar-refractivity contribution is -0.122. The van der Waals surface area contributed by atoms with E-state index in [2.05, 4.69) is 15.6 Å². The summed E-state index contributed by atoms with van der Waals surface area (Å²) in [6.45, 7) is 2.13. The number of amides is 1. The van der Waals surface area contributed by atoms with Gasteiger partial charge in [-0.3, -0.25) is 4.79 Å². The second kappa shape index (κ2) is 7.30. The van der Waals surface area contributed by atoms with Crippen LogP contribution in [-0.4, -0.2) is 33.5 Å². The largest absolute Gasteiger partial charge is 0.461 e. The van der Waals surface area contributed by atoms with Crippen molar-refractivity contribution in [3.8, 4) is 0 Å². The Morgan fingerprint density at radius 2 is 2.05 bits per heavy atom. The van der Waals surface area contributed by atoms with Gasteiger partial charge in [-0.05, 0) is 24.6 Å². The Kier molecular flexibility index (Phi) is 5.18. The molecule has 2 aromatic rings. The number of nitrogens with zero attached hydrogens (tertiary/aromatic N) is 3. The summed E-state index contributed by atoms with van der Waals surface area (Å²) in [6.07, 6.45) is 1.34. The monoisotopic (exact) mass is 306 g/mol. The van der Waals surface area contributed by atoms with Crippen molar-refractivity contribution in [2.24, 2.45) is 0 Å². The SMILES string of the molecule is CCOC(=O)c1cn(CC(=O)NCc2ccc(F)cc2)nn1. The lowest BCUT2D eigenvalue weighted by atomic mass is 10.2. The van der Waals surface area contributed by atoms with Gasteiger partial charge in [-0.25, -0.2) is 13.9 Å². The second-order valence-corrected chi connectivity index (χ2v) is 4.43. The summed E-state index contributed by atoms with van der Waals surface area (Å²) >= 11 is 0. The van der Waals surface area contributed by atoms with E-state index in [1.807, 2.05) is 0 Å². The van der Waals surface area contributed by atoms with E-state index < -0.39 is 5.97 Å². The first kappa shape index (κ1) is 15.6. The fourth-order valence-electron chi connectivity index (χ4n) is 1.68. The third kappa shape index (κ3) is 4.37. The first-order chi connectivity index (χ1) is 10.6. The van der Waals surface area contributed by atoms with Crippen molar-refractivity contribution in [2.75, 3.05) is 6.61 Å². The molecule has 0 saturated heterocycles. The van der Waals surface area contributed by atoms with Crippen LogP contribution >= 0.6 is 0 Å². The van der Waals surface area contributed by atoms with Gasteiger partial charge in [-0.15, -0.1) is 5.10 Å². The quantitative estimate of drug-likeness (QED) is 0.802. The zero-order chi connectivity index (χ0) is 15.9. The van der Waals surface area contributed by atoms with Gasteiger partial charge in [-0.1, -0.05) is 17.3 Å². The van der Waals surface area contributed by atoms with E-state index in [4.69, 9.17) is 4.74 Å². The van der Waals surface area contributed by atoms with Crippen molar-refractivity contribution in [3.05, 3.63) is 47.5 Å². The molecule has 1 heterocycles. The molecule has 0 unspecified atom stereocenters.